The molecule has 1 atom stereocenters. The van der Waals surface area contributed by atoms with E-state index in [-0.39, 0.29) is 22.9 Å². The molecule has 2 aromatic carbocycles. The highest BCUT2D eigenvalue weighted by molar-refractivity contribution is 7.89. The average molecular weight is 417 g/mol. The van der Waals surface area contributed by atoms with E-state index in [1.54, 1.807) is 28.6 Å². The summed E-state index contributed by atoms with van der Waals surface area (Å²) >= 11 is 0. The Morgan fingerprint density at radius 3 is 2.45 bits per heavy atom. The van der Waals surface area contributed by atoms with Gasteiger partial charge in [0.2, 0.25) is 10.0 Å². The van der Waals surface area contributed by atoms with Crippen LogP contribution in [-0.4, -0.2) is 37.3 Å². The normalized spacial score (nSPS) is 17.9. The first-order chi connectivity index (χ1) is 13.8. The maximum atomic E-state index is 12.9. The first-order valence-corrected chi connectivity index (χ1v) is 11.4. The molecule has 0 bridgehead atoms. The Labute approximate surface area is 172 Å². The molecule has 156 valence electrons. The van der Waals surface area contributed by atoms with Gasteiger partial charge in [0.15, 0.2) is 0 Å². The van der Waals surface area contributed by atoms with Gasteiger partial charge >= 0.3 is 0 Å². The van der Waals surface area contributed by atoms with Gasteiger partial charge in [-0.2, -0.15) is 4.31 Å². The molecule has 7 heteroatoms. The van der Waals surface area contributed by atoms with Gasteiger partial charge in [0, 0.05) is 18.2 Å². The lowest BCUT2D eigenvalue weighted by Gasteiger charge is -2.32. The fourth-order valence-corrected chi connectivity index (χ4v) is 5.16. The lowest BCUT2D eigenvalue weighted by molar-refractivity contribution is 0.102. The van der Waals surface area contributed by atoms with Crippen LogP contribution in [0.15, 0.2) is 53.4 Å². The monoisotopic (exact) mass is 416 g/mol. The fraction of sp³-hybridized carbons (Fsp3) is 0.409. The van der Waals surface area contributed by atoms with Crippen molar-refractivity contribution in [2.45, 2.75) is 57.1 Å². The van der Waals surface area contributed by atoms with Gasteiger partial charge in [-0.05, 0) is 70.0 Å². The Bertz CT molecular complexity index is 955. The number of sulfonamides is 1. The van der Waals surface area contributed by atoms with Crippen LogP contribution in [0.2, 0.25) is 0 Å². The molecule has 1 amide bonds. The van der Waals surface area contributed by atoms with Crippen LogP contribution in [0.25, 0.3) is 0 Å². The summed E-state index contributed by atoms with van der Waals surface area (Å²) in [6.45, 7) is 6.31. The van der Waals surface area contributed by atoms with Gasteiger partial charge in [0.1, 0.15) is 5.75 Å². The average Bonchev–Trinajstić information content (AvgIpc) is 2.69. The Morgan fingerprint density at radius 1 is 1.10 bits per heavy atom. The molecule has 0 spiro atoms. The van der Waals surface area contributed by atoms with Gasteiger partial charge in [-0.25, -0.2) is 8.42 Å². The highest BCUT2D eigenvalue weighted by Gasteiger charge is 2.30. The second-order valence-corrected chi connectivity index (χ2v) is 9.49. The molecule has 0 aromatic heterocycles. The van der Waals surface area contributed by atoms with Crippen LogP contribution in [0.1, 0.15) is 50.4 Å². The summed E-state index contributed by atoms with van der Waals surface area (Å²) in [5.74, 6) is 0.272. The highest BCUT2D eigenvalue weighted by atomic mass is 32.2. The number of benzene rings is 2. The standard InChI is InChI=1S/C22H28N2O4S/c1-16(2)28-21-10-5-4-9-20(21)23-22(25)18-11-13-19(14-12-18)29(26,27)24-15-7-6-8-17(24)3/h4-5,9-14,16-17H,6-8,15H2,1-3H3,(H,23,25). The number of para-hydroxylation sites is 2. The number of amides is 1. The van der Waals surface area contributed by atoms with E-state index in [0.717, 1.165) is 19.3 Å². The maximum absolute atomic E-state index is 12.9. The van der Waals surface area contributed by atoms with Crippen molar-refractivity contribution in [1.29, 1.82) is 0 Å². The molecule has 1 saturated heterocycles. The van der Waals surface area contributed by atoms with Crippen molar-refractivity contribution in [3.8, 4) is 5.75 Å². The summed E-state index contributed by atoms with van der Waals surface area (Å²) in [5.41, 5.74) is 0.958. The zero-order chi connectivity index (χ0) is 21.0. The van der Waals surface area contributed by atoms with E-state index in [1.165, 1.54) is 12.1 Å². The third kappa shape index (κ3) is 4.97. The summed E-state index contributed by atoms with van der Waals surface area (Å²) < 4.78 is 33.1. The van der Waals surface area contributed by atoms with Crippen LogP contribution in [0.3, 0.4) is 0 Å². The van der Waals surface area contributed by atoms with Crippen molar-refractivity contribution in [1.82, 2.24) is 4.31 Å². The topological polar surface area (TPSA) is 75.7 Å². The van der Waals surface area contributed by atoms with Crippen molar-refractivity contribution in [3.05, 3.63) is 54.1 Å². The van der Waals surface area contributed by atoms with Gasteiger partial charge < -0.3 is 10.1 Å². The molecule has 1 aliphatic heterocycles. The van der Waals surface area contributed by atoms with Crippen LogP contribution in [0.4, 0.5) is 5.69 Å². The predicted molar refractivity (Wildman–Crippen MR) is 114 cm³/mol. The van der Waals surface area contributed by atoms with Crippen LogP contribution in [0.5, 0.6) is 5.75 Å². The lowest BCUT2D eigenvalue weighted by Crippen LogP contribution is -2.41. The van der Waals surface area contributed by atoms with Crippen molar-refractivity contribution in [2.75, 3.05) is 11.9 Å². The van der Waals surface area contributed by atoms with E-state index in [9.17, 15) is 13.2 Å². The molecule has 0 aliphatic carbocycles. The highest BCUT2D eigenvalue weighted by Crippen LogP contribution is 2.27. The number of hydrogen-bond donors (Lipinski definition) is 1. The predicted octanol–water partition coefficient (Wildman–Crippen LogP) is 4.29. The number of hydrogen-bond acceptors (Lipinski definition) is 4. The van der Waals surface area contributed by atoms with Gasteiger partial charge in [0.05, 0.1) is 16.7 Å². The third-order valence-corrected chi connectivity index (χ3v) is 6.99. The molecular weight excluding hydrogens is 388 g/mol. The molecule has 1 aliphatic rings. The van der Waals surface area contributed by atoms with E-state index < -0.39 is 10.0 Å². The number of nitrogens with one attached hydrogen (secondary N) is 1. The Morgan fingerprint density at radius 2 is 1.79 bits per heavy atom. The van der Waals surface area contributed by atoms with E-state index in [4.69, 9.17) is 4.74 Å². The molecule has 1 heterocycles. The minimum atomic E-state index is -3.55. The summed E-state index contributed by atoms with van der Waals surface area (Å²) in [6.07, 6.45) is 2.78. The second kappa shape index (κ2) is 8.97. The molecule has 0 saturated carbocycles. The molecule has 29 heavy (non-hydrogen) atoms. The molecule has 3 rings (SSSR count). The summed E-state index contributed by atoms with van der Waals surface area (Å²) in [4.78, 5) is 12.9. The van der Waals surface area contributed by atoms with Crippen LogP contribution in [0, 0.1) is 0 Å². The first-order valence-electron chi connectivity index (χ1n) is 9.98. The number of carbonyl (C=O) groups is 1. The number of ether oxygens (including phenoxy) is 1. The SMILES string of the molecule is CC(C)Oc1ccccc1NC(=O)c1ccc(S(=O)(=O)N2CCCCC2C)cc1. The molecule has 0 radical (unpaired) electrons. The second-order valence-electron chi connectivity index (χ2n) is 7.60. The molecule has 1 fully saturated rings. The number of carbonyl (C=O) groups excluding carboxylic acids is 1. The zero-order valence-electron chi connectivity index (χ0n) is 17.1. The van der Waals surface area contributed by atoms with Crippen molar-refractivity contribution in [2.24, 2.45) is 0 Å². The van der Waals surface area contributed by atoms with Crippen molar-refractivity contribution in [3.63, 3.8) is 0 Å². The smallest absolute Gasteiger partial charge is 0.255 e. The van der Waals surface area contributed by atoms with E-state index >= 15 is 0 Å². The minimum Gasteiger partial charge on any atom is -0.489 e. The summed E-state index contributed by atoms with van der Waals surface area (Å²) in [6, 6.07) is 13.3. The van der Waals surface area contributed by atoms with Crippen LogP contribution >= 0.6 is 0 Å². The van der Waals surface area contributed by atoms with Gasteiger partial charge in [0.25, 0.3) is 5.91 Å². The summed E-state index contributed by atoms with van der Waals surface area (Å²) in [7, 11) is -3.55. The molecule has 1 N–H and O–H groups in total. The Hall–Kier alpha value is -2.38. The Kier molecular flexibility index (Phi) is 6.59. The molecule has 1 unspecified atom stereocenters. The van der Waals surface area contributed by atoms with E-state index in [0.29, 0.717) is 23.5 Å². The molecule has 6 nitrogen and oxygen atoms in total. The maximum Gasteiger partial charge on any atom is 0.255 e. The number of piperidine rings is 1. The van der Waals surface area contributed by atoms with Gasteiger partial charge in [-0.15, -0.1) is 0 Å². The third-order valence-electron chi connectivity index (χ3n) is 4.96. The quantitative estimate of drug-likeness (QED) is 0.762. The number of anilines is 1. The van der Waals surface area contributed by atoms with Crippen LogP contribution < -0.4 is 10.1 Å². The fourth-order valence-electron chi connectivity index (χ4n) is 3.46. The number of nitrogens with zero attached hydrogens (tertiary/aromatic N) is 1. The van der Waals surface area contributed by atoms with E-state index in [2.05, 4.69) is 5.32 Å². The molecular formula is C22H28N2O4S. The first kappa shape index (κ1) is 21.3. The Balaban J connectivity index is 1.76. The lowest BCUT2D eigenvalue weighted by atomic mass is 10.1. The minimum absolute atomic E-state index is 0.00539. The van der Waals surface area contributed by atoms with Crippen molar-refractivity contribution >= 4 is 21.6 Å². The van der Waals surface area contributed by atoms with Gasteiger partial charge in [-0.3, -0.25) is 4.79 Å². The van der Waals surface area contributed by atoms with Crippen molar-refractivity contribution < 1.29 is 17.9 Å². The zero-order valence-corrected chi connectivity index (χ0v) is 17.9. The number of rotatable bonds is 6. The molecule has 2 aromatic rings. The van der Waals surface area contributed by atoms with Gasteiger partial charge in [-0.1, -0.05) is 18.6 Å². The van der Waals surface area contributed by atoms with Crippen LogP contribution in [-0.2, 0) is 10.0 Å². The van der Waals surface area contributed by atoms with E-state index in [1.807, 2.05) is 32.9 Å². The summed E-state index contributed by atoms with van der Waals surface area (Å²) in [5, 5.41) is 2.84. The largest absolute Gasteiger partial charge is 0.489 e.